The van der Waals surface area contributed by atoms with Gasteiger partial charge in [-0.3, -0.25) is 0 Å². The highest BCUT2D eigenvalue weighted by Crippen LogP contribution is 2.51. The Morgan fingerprint density at radius 1 is 0.398 bits per heavy atom. The molecule has 0 radical (unpaired) electrons. The Labute approximate surface area is 512 Å². The van der Waals surface area contributed by atoms with Gasteiger partial charge in [0.05, 0.1) is 39.7 Å². The maximum Gasteiger partial charge on any atom is 0.416 e. The molecule has 0 atom stereocenters. The molecule has 12 rings (SSSR count). The first-order chi connectivity index (χ1) is 39.9. The predicted octanol–water partition coefficient (Wildman–Crippen LogP) is 16.0. The molecular formula is C67H87ClF3N9S3. The lowest BCUT2D eigenvalue weighted by Crippen LogP contribution is -2.47. The summed E-state index contributed by atoms with van der Waals surface area (Å²) in [4.78, 5) is 29.7. The fourth-order valence-corrected chi connectivity index (χ4v) is 15.4. The zero-order valence-electron chi connectivity index (χ0n) is 48.6. The van der Waals surface area contributed by atoms with Gasteiger partial charge in [0.25, 0.3) is 0 Å². The Hall–Kier alpha value is -4.39. The molecule has 3 fully saturated rings. The van der Waals surface area contributed by atoms with Crippen molar-refractivity contribution in [3.05, 3.63) is 144 Å². The van der Waals surface area contributed by atoms with Crippen molar-refractivity contribution in [2.75, 3.05) is 153 Å². The summed E-state index contributed by atoms with van der Waals surface area (Å²) in [6.45, 7) is 29.4. The average Bonchev–Trinajstić information content (AvgIpc) is 3.68. The number of fused-ring (bicyclic) bond motifs is 6. The molecule has 0 N–H and O–H groups in total. The molecule has 0 bridgehead atoms. The number of para-hydroxylation sites is 3. The lowest BCUT2D eigenvalue weighted by atomic mass is 10.1. The lowest BCUT2D eigenvalue weighted by Gasteiger charge is -2.36. The van der Waals surface area contributed by atoms with E-state index in [0.29, 0.717) is 12.2 Å². The second-order valence-electron chi connectivity index (χ2n) is 22.5. The minimum atomic E-state index is -4.33. The highest BCUT2D eigenvalue weighted by Gasteiger charge is 2.34. The molecule has 0 unspecified atom stereocenters. The molecule has 0 saturated carbocycles. The zero-order valence-corrected chi connectivity index (χ0v) is 51.8. The molecule has 16 heteroatoms. The smallest absolute Gasteiger partial charge is 0.340 e. The van der Waals surface area contributed by atoms with E-state index in [0.717, 1.165) is 72.7 Å². The van der Waals surface area contributed by atoms with Gasteiger partial charge in [-0.05, 0) is 169 Å². The molecule has 6 heterocycles. The molecule has 3 saturated heterocycles. The van der Waals surface area contributed by atoms with Crippen molar-refractivity contribution in [3.8, 4) is 0 Å². The Kier molecular flexibility index (Phi) is 23.0. The average molecular weight is 1210 g/mol. The van der Waals surface area contributed by atoms with Crippen molar-refractivity contribution in [1.29, 1.82) is 0 Å². The molecule has 6 aromatic carbocycles. The van der Waals surface area contributed by atoms with E-state index < -0.39 is 11.7 Å². The molecular weight excluding hydrogens is 1120 g/mol. The van der Waals surface area contributed by atoms with E-state index in [-0.39, 0.29) is 7.43 Å². The van der Waals surface area contributed by atoms with E-state index >= 15 is 0 Å². The van der Waals surface area contributed by atoms with Gasteiger partial charge in [-0.15, -0.1) is 0 Å². The summed E-state index contributed by atoms with van der Waals surface area (Å²) in [6.07, 6.45) is 1.49. The molecule has 6 aromatic rings. The summed E-state index contributed by atoms with van der Waals surface area (Å²) in [5, 5.41) is 0.811. The number of piperazine rings is 3. The molecule has 0 aliphatic carbocycles. The Bertz CT molecular complexity index is 2880. The summed E-state index contributed by atoms with van der Waals surface area (Å²) in [6, 6.07) is 42.7. The van der Waals surface area contributed by atoms with Crippen LogP contribution in [0, 0.1) is 6.92 Å². The highest BCUT2D eigenvalue weighted by molar-refractivity contribution is 8.00. The molecule has 0 amide bonds. The number of hydrogen-bond donors (Lipinski definition) is 0. The Morgan fingerprint density at radius 2 is 0.735 bits per heavy atom. The van der Waals surface area contributed by atoms with Gasteiger partial charge in [0.2, 0.25) is 0 Å². The van der Waals surface area contributed by atoms with Crippen LogP contribution in [0.25, 0.3) is 0 Å². The van der Waals surface area contributed by atoms with Crippen molar-refractivity contribution in [1.82, 2.24) is 29.4 Å². The van der Waals surface area contributed by atoms with Crippen molar-refractivity contribution in [2.24, 2.45) is 0 Å². The standard InChI is InChI=1S/C23H31N3S.C22H28ClN3S.C21H24F3N3S.CH4/c1-3-11-24-14-16-25(17-15-24)12-6-13-26-20-7-4-5-8-22(20)27-23-10-9-19(2)18-21(23)26;1-2-10-24-13-15-25(16-14-24)11-5-12-26-19-6-3-4-7-21(19)27-22-9-8-18(23)17-20(22)26;1-25-11-13-26(14-12-25)9-4-10-27-17-5-2-3-6-19(17)28-20-8-7-16(15-18(20)27)21(22,23)24;/h4-5,7-10,18H,3,6,11-17H2,1-2H3;3-4,6-9,17H,2,5,10-16H2,1H3;2-3,5-8,15H,4,9-14H2,1H3;1H4. The van der Waals surface area contributed by atoms with E-state index in [2.05, 4.69) is 151 Å². The molecule has 6 aliphatic rings. The largest absolute Gasteiger partial charge is 0.416 e. The van der Waals surface area contributed by atoms with Gasteiger partial charge in [-0.1, -0.05) is 111 Å². The van der Waals surface area contributed by atoms with Gasteiger partial charge in [-0.2, -0.15) is 13.2 Å². The van der Waals surface area contributed by atoms with Crippen LogP contribution in [-0.4, -0.2) is 167 Å². The molecule has 6 aliphatic heterocycles. The molecule has 446 valence electrons. The SMILES string of the molecule is C.CCCN1CCN(CCCN2c3ccccc3Sc3ccc(C)cc32)CC1.CCCN1CCN(CCCN2c3ccccc3Sc3ccc(Cl)cc32)CC1.CN1CCN(CCCN2c3ccccc3Sc3ccc(C(F)(F)F)cc32)CC1. The van der Waals surface area contributed by atoms with Gasteiger partial charge in [0.15, 0.2) is 0 Å². The number of alkyl halides is 3. The monoisotopic (exact) mass is 1210 g/mol. The van der Waals surface area contributed by atoms with Gasteiger partial charge in [-0.25, -0.2) is 0 Å². The maximum atomic E-state index is 13.3. The quantitative estimate of drug-likeness (QED) is 0.0925. The van der Waals surface area contributed by atoms with Crippen LogP contribution in [0.1, 0.15) is 64.5 Å². The van der Waals surface area contributed by atoms with E-state index in [4.69, 9.17) is 11.6 Å². The van der Waals surface area contributed by atoms with Gasteiger partial charge < -0.3 is 44.1 Å². The second-order valence-corrected chi connectivity index (χ2v) is 26.2. The van der Waals surface area contributed by atoms with Crippen LogP contribution >= 0.6 is 46.9 Å². The van der Waals surface area contributed by atoms with Crippen molar-refractivity contribution in [3.63, 3.8) is 0 Å². The van der Waals surface area contributed by atoms with Crippen LogP contribution < -0.4 is 14.7 Å². The van der Waals surface area contributed by atoms with E-state index in [9.17, 15) is 13.2 Å². The van der Waals surface area contributed by atoms with E-state index in [1.165, 1.54) is 164 Å². The van der Waals surface area contributed by atoms with Crippen LogP contribution in [0.5, 0.6) is 0 Å². The number of halogens is 4. The Morgan fingerprint density at radius 3 is 1.14 bits per heavy atom. The zero-order chi connectivity index (χ0) is 57.0. The minimum Gasteiger partial charge on any atom is -0.340 e. The number of rotatable bonds is 16. The second kappa shape index (κ2) is 30.3. The lowest BCUT2D eigenvalue weighted by molar-refractivity contribution is -0.137. The highest BCUT2D eigenvalue weighted by atomic mass is 35.5. The normalized spacial score (nSPS) is 17.6. The number of hydrogen-bond acceptors (Lipinski definition) is 12. The number of aryl methyl sites for hydroxylation is 1. The van der Waals surface area contributed by atoms with Crippen LogP contribution in [-0.2, 0) is 6.18 Å². The van der Waals surface area contributed by atoms with E-state index in [1.807, 2.05) is 53.9 Å². The third-order valence-electron chi connectivity index (χ3n) is 16.5. The van der Waals surface area contributed by atoms with Crippen molar-refractivity contribution in [2.45, 2.75) is 95.9 Å². The molecule has 0 aromatic heterocycles. The van der Waals surface area contributed by atoms with Crippen LogP contribution in [0.2, 0.25) is 5.02 Å². The molecule has 83 heavy (non-hydrogen) atoms. The first kappa shape index (κ1) is 63.1. The fraction of sp³-hybridized carbons (Fsp3) is 0.463. The minimum absolute atomic E-state index is 0. The van der Waals surface area contributed by atoms with Crippen LogP contribution in [0.4, 0.5) is 47.3 Å². The summed E-state index contributed by atoms with van der Waals surface area (Å²) in [7, 11) is 2.13. The molecule has 0 spiro atoms. The fourth-order valence-electron chi connectivity index (χ4n) is 12.0. The number of benzene rings is 6. The Balaban J connectivity index is 0.000000149. The topological polar surface area (TPSA) is 29.2 Å². The van der Waals surface area contributed by atoms with Gasteiger partial charge >= 0.3 is 6.18 Å². The number of anilines is 6. The van der Waals surface area contributed by atoms with E-state index in [1.54, 1.807) is 17.8 Å². The summed E-state index contributed by atoms with van der Waals surface area (Å²) in [5.41, 5.74) is 7.72. The van der Waals surface area contributed by atoms with Crippen molar-refractivity contribution < 1.29 is 13.2 Å². The van der Waals surface area contributed by atoms with Gasteiger partial charge in [0.1, 0.15) is 0 Å². The first-order valence-corrected chi connectivity index (χ1v) is 32.8. The predicted molar refractivity (Wildman–Crippen MR) is 348 cm³/mol. The van der Waals surface area contributed by atoms with Crippen LogP contribution in [0.15, 0.2) is 157 Å². The van der Waals surface area contributed by atoms with Gasteiger partial charge in [0, 0.05) is 133 Å². The third-order valence-corrected chi connectivity index (χ3v) is 20.1. The summed E-state index contributed by atoms with van der Waals surface area (Å²) >= 11 is 11.6. The number of nitrogens with zero attached hydrogens (tertiary/aromatic N) is 9. The molecule has 9 nitrogen and oxygen atoms in total. The maximum absolute atomic E-state index is 13.3. The van der Waals surface area contributed by atoms with Crippen LogP contribution in [0.3, 0.4) is 0 Å². The third kappa shape index (κ3) is 16.6. The first-order valence-electron chi connectivity index (χ1n) is 30.0. The summed E-state index contributed by atoms with van der Waals surface area (Å²) < 4.78 is 39.8. The summed E-state index contributed by atoms with van der Waals surface area (Å²) in [5.74, 6) is 0. The van der Waals surface area contributed by atoms with Crippen molar-refractivity contribution >= 4 is 81.0 Å². The number of likely N-dealkylation sites (N-methyl/N-ethyl adjacent to an activating group) is 1.